The Morgan fingerprint density at radius 1 is 1.39 bits per heavy atom. The van der Waals surface area contributed by atoms with Gasteiger partial charge in [0.15, 0.2) is 0 Å². The molecular formula is C10H6Br2ClN3O2. The Labute approximate surface area is 124 Å². The zero-order valence-electron chi connectivity index (χ0n) is 8.81. The second-order valence-corrected chi connectivity index (χ2v) is 5.54. The first kappa shape index (κ1) is 13.5. The third-order valence-electron chi connectivity index (χ3n) is 2.27. The van der Waals surface area contributed by atoms with Crippen LogP contribution in [0, 0.1) is 10.1 Å². The van der Waals surface area contributed by atoms with Gasteiger partial charge in [-0.25, -0.2) is 0 Å². The first-order chi connectivity index (χ1) is 8.47. The molecule has 0 atom stereocenters. The van der Waals surface area contributed by atoms with Crippen LogP contribution in [-0.4, -0.2) is 14.7 Å². The molecule has 2 rings (SSSR count). The summed E-state index contributed by atoms with van der Waals surface area (Å²) in [7, 11) is 0. The van der Waals surface area contributed by atoms with E-state index in [1.54, 1.807) is 22.9 Å². The van der Waals surface area contributed by atoms with Crippen molar-refractivity contribution in [3.05, 3.63) is 54.2 Å². The Hall–Kier alpha value is -0.920. The van der Waals surface area contributed by atoms with Crippen molar-refractivity contribution in [3.8, 4) is 0 Å². The van der Waals surface area contributed by atoms with Gasteiger partial charge in [-0.15, -0.1) is 0 Å². The van der Waals surface area contributed by atoms with Crippen molar-refractivity contribution in [1.82, 2.24) is 9.78 Å². The molecule has 1 aromatic heterocycles. The maximum Gasteiger partial charge on any atom is 0.275 e. The van der Waals surface area contributed by atoms with Crippen molar-refractivity contribution < 1.29 is 4.92 Å². The highest BCUT2D eigenvalue weighted by Crippen LogP contribution is 2.25. The Bertz CT molecular complexity index is 615. The van der Waals surface area contributed by atoms with Gasteiger partial charge >= 0.3 is 0 Å². The maximum atomic E-state index is 11.0. The van der Waals surface area contributed by atoms with E-state index in [2.05, 4.69) is 37.0 Å². The van der Waals surface area contributed by atoms with Gasteiger partial charge in [0.1, 0.15) is 9.21 Å². The molecule has 0 saturated heterocycles. The van der Waals surface area contributed by atoms with Gasteiger partial charge in [-0.2, -0.15) is 5.10 Å². The molecule has 1 aromatic carbocycles. The molecule has 8 heteroatoms. The third kappa shape index (κ3) is 2.90. The van der Waals surface area contributed by atoms with E-state index < -0.39 is 4.92 Å². The number of rotatable bonds is 3. The first-order valence-electron chi connectivity index (χ1n) is 4.79. The Morgan fingerprint density at radius 2 is 2.11 bits per heavy atom. The Balaban J connectivity index is 2.40. The molecular weight excluding hydrogens is 389 g/mol. The number of nitro groups is 1. The molecule has 0 radical (unpaired) electrons. The van der Waals surface area contributed by atoms with Crippen molar-refractivity contribution in [2.45, 2.75) is 6.54 Å². The molecule has 2 aromatic rings. The smallest absolute Gasteiger partial charge is 0.258 e. The lowest BCUT2D eigenvalue weighted by Crippen LogP contribution is -2.05. The minimum absolute atomic E-state index is 0.0129. The molecule has 0 fully saturated rings. The molecule has 5 nitrogen and oxygen atoms in total. The first-order valence-corrected chi connectivity index (χ1v) is 6.75. The summed E-state index contributed by atoms with van der Waals surface area (Å²) in [5.74, 6) is 0. The number of halogens is 3. The van der Waals surface area contributed by atoms with Crippen LogP contribution in [0.2, 0.25) is 5.02 Å². The van der Waals surface area contributed by atoms with Crippen LogP contribution in [0.15, 0.2) is 33.5 Å². The van der Waals surface area contributed by atoms with E-state index in [9.17, 15) is 10.1 Å². The fraction of sp³-hybridized carbons (Fsp3) is 0.100. The minimum atomic E-state index is -0.451. The summed E-state index contributed by atoms with van der Waals surface area (Å²) in [4.78, 5) is 10.5. The van der Waals surface area contributed by atoms with E-state index in [-0.39, 0.29) is 5.69 Å². The number of nitrogens with zero attached hydrogens (tertiary/aromatic N) is 3. The van der Waals surface area contributed by atoms with Gasteiger partial charge in [0.05, 0.1) is 17.0 Å². The Morgan fingerprint density at radius 3 is 2.67 bits per heavy atom. The summed E-state index contributed by atoms with van der Waals surface area (Å²) in [5, 5.41) is 15.4. The summed E-state index contributed by atoms with van der Waals surface area (Å²) < 4.78 is 3.00. The second-order valence-electron chi connectivity index (χ2n) is 3.48. The van der Waals surface area contributed by atoms with E-state index in [1.807, 2.05) is 0 Å². The lowest BCUT2D eigenvalue weighted by atomic mass is 10.2. The average Bonchev–Trinajstić information content (AvgIpc) is 2.60. The molecule has 1 heterocycles. The van der Waals surface area contributed by atoms with Crippen molar-refractivity contribution in [1.29, 1.82) is 0 Å². The summed E-state index contributed by atoms with van der Waals surface area (Å²) in [6.45, 7) is 0.291. The molecule has 0 amide bonds. The van der Waals surface area contributed by atoms with Crippen molar-refractivity contribution in [2.75, 3.05) is 0 Å². The van der Waals surface area contributed by atoms with Gasteiger partial charge < -0.3 is 0 Å². The fourth-order valence-electron chi connectivity index (χ4n) is 1.48. The highest BCUT2D eigenvalue weighted by atomic mass is 79.9. The summed E-state index contributed by atoms with van der Waals surface area (Å²) in [6.07, 6.45) is 0. The molecule has 0 spiro atoms. The van der Waals surface area contributed by atoms with E-state index in [0.717, 1.165) is 4.60 Å². The summed E-state index contributed by atoms with van der Waals surface area (Å²) in [5.41, 5.74) is 0.529. The predicted molar refractivity (Wildman–Crippen MR) is 74.8 cm³/mol. The van der Waals surface area contributed by atoms with Crippen molar-refractivity contribution >= 4 is 49.1 Å². The van der Waals surface area contributed by atoms with Crippen LogP contribution in [0.5, 0.6) is 0 Å². The van der Waals surface area contributed by atoms with Crippen LogP contribution in [-0.2, 0) is 6.54 Å². The number of hydrogen-bond donors (Lipinski definition) is 0. The highest BCUT2D eigenvalue weighted by Gasteiger charge is 2.16. The van der Waals surface area contributed by atoms with Gasteiger partial charge in [-0.05, 0) is 44.0 Å². The molecule has 0 saturated carbocycles. The largest absolute Gasteiger partial charge is 0.275 e. The zero-order chi connectivity index (χ0) is 13.3. The summed E-state index contributed by atoms with van der Waals surface area (Å²) in [6, 6.07) is 6.35. The zero-order valence-corrected chi connectivity index (χ0v) is 12.7. The fourth-order valence-corrected chi connectivity index (χ4v) is 2.78. The topological polar surface area (TPSA) is 61.0 Å². The van der Waals surface area contributed by atoms with Crippen LogP contribution in [0.1, 0.15) is 5.56 Å². The highest BCUT2D eigenvalue weighted by molar-refractivity contribution is 9.11. The molecule has 0 unspecified atom stereocenters. The molecule has 0 aliphatic rings. The molecule has 0 bridgehead atoms. The van der Waals surface area contributed by atoms with E-state index >= 15 is 0 Å². The normalized spacial score (nSPS) is 10.6. The molecule has 0 N–H and O–H groups in total. The molecule has 18 heavy (non-hydrogen) atoms. The van der Waals surface area contributed by atoms with Crippen molar-refractivity contribution in [2.24, 2.45) is 0 Å². The van der Waals surface area contributed by atoms with Crippen LogP contribution >= 0.6 is 43.5 Å². The van der Waals surface area contributed by atoms with E-state index in [4.69, 9.17) is 11.6 Å². The molecule has 0 aliphatic heterocycles. The van der Waals surface area contributed by atoms with Crippen LogP contribution in [0.3, 0.4) is 0 Å². The van der Waals surface area contributed by atoms with Gasteiger partial charge in [0, 0.05) is 17.2 Å². The number of aromatic nitrogens is 2. The van der Waals surface area contributed by atoms with Crippen LogP contribution < -0.4 is 0 Å². The lowest BCUT2D eigenvalue weighted by molar-refractivity contribution is -0.385. The van der Waals surface area contributed by atoms with E-state index in [0.29, 0.717) is 21.7 Å². The quantitative estimate of drug-likeness (QED) is 0.583. The standard InChI is InChI=1S/C10H6Br2ClN3O2/c11-9-4-10(12)15(14-9)5-6-1-2-7(13)3-8(6)16(17)18/h1-4H,5H2. The number of benzene rings is 1. The van der Waals surface area contributed by atoms with Crippen molar-refractivity contribution in [3.63, 3.8) is 0 Å². The van der Waals surface area contributed by atoms with Gasteiger partial charge in [0.2, 0.25) is 0 Å². The van der Waals surface area contributed by atoms with Crippen LogP contribution in [0.25, 0.3) is 0 Å². The predicted octanol–water partition coefficient (Wildman–Crippen LogP) is 4.02. The Kier molecular flexibility index (Phi) is 4.04. The van der Waals surface area contributed by atoms with Gasteiger partial charge in [0.25, 0.3) is 5.69 Å². The maximum absolute atomic E-state index is 11.0. The number of nitro benzene ring substituents is 1. The summed E-state index contributed by atoms with van der Waals surface area (Å²) >= 11 is 12.3. The van der Waals surface area contributed by atoms with Crippen LogP contribution in [0.4, 0.5) is 5.69 Å². The van der Waals surface area contributed by atoms with E-state index in [1.165, 1.54) is 6.07 Å². The molecule has 94 valence electrons. The minimum Gasteiger partial charge on any atom is -0.258 e. The molecule has 0 aliphatic carbocycles. The van der Waals surface area contributed by atoms with Gasteiger partial charge in [-0.3, -0.25) is 14.8 Å². The monoisotopic (exact) mass is 393 g/mol. The average molecular weight is 395 g/mol. The lowest BCUT2D eigenvalue weighted by Gasteiger charge is -2.05. The second kappa shape index (κ2) is 5.38. The SMILES string of the molecule is O=[N+]([O-])c1cc(Cl)ccc1Cn1nc(Br)cc1Br. The number of hydrogen-bond acceptors (Lipinski definition) is 3. The third-order valence-corrected chi connectivity index (χ3v) is 3.53. The van der Waals surface area contributed by atoms with Gasteiger partial charge in [-0.1, -0.05) is 11.6 Å².